The first-order chi connectivity index (χ1) is 9.06. The lowest BCUT2D eigenvalue weighted by Crippen LogP contribution is -2.11. The smallest absolute Gasteiger partial charge is 0.126 e. The van der Waals surface area contributed by atoms with Crippen molar-refractivity contribution in [1.29, 1.82) is 0 Å². The van der Waals surface area contributed by atoms with Crippen LogP contribution in [0.2, 0.25) is 5.02 Å². The van der Waals surface area contributed by atoms with Crippen molar-refractivity contribution < 1.29 is 4.39 Å². The quantitative estimate of drug-likeness (QED) is 0.879. The Hall–Kier alpha value is -1.38. The highest BCUT2D eigenvalue weighted by molar-refractivity contribution is 6.30. The van der Waals surface area contributed by atoms with Gasteiger partial charge in [0.1, 0.15) is 5.82 Å². The first kappa shape index (κ1) is 14.0. The Morgan fingerprint density at radius 1 is 1.16 bits per heavy atom. The molecule has 2 N–H and O–H groups in total. The Morgan fingerprint density at radius 2 is 1.84 bits per heavy atom. The lowest BCUT2D eigenvalue weighted by Gasteiger charge is -2.13. The van der Waals surface area contributed by atoms with Crippen LogP contribution in [0, 0.1) is 12.7 Å². The highest BCUT2D eigenvalue weighted by Crippen LogP contribution is 2.20. The number of hydrogen-bond acceptors (Lipinski definition) is 1. The summed E-state index contributed by atoms with van der Waals surface area (Å²) in [5.74, 6) is -0.186. The van der Waals surface area contributed by atoms with Gasteiger partial charge in [-0.2, -0.15) is 0 Å². The van der Waals surface area contributed by atoms with Crippen LogP contribution in [0.5, 0.6) is 0 Å². The highest BCUT2D eigenvalue weighted by atomic mass is 35.5. The Morgan fingerprint density at radius 3 is 2.47 bits per heavy atom. The normalized spacial score (nSPS) is 12.4. The largest absolute Gasteiger partial charge is 0.324 e. The van der Waals surface area contributed by atoms with Gasteiger partial charge in [-0.25, -0.2) is 4.39 Å². The van der Waals surface area contributed by atoms with Gasteiger partial charge in [0, 0.05) is 11.1 Å². The van der Waals surface area contributed by atoms with E-state index in [0.717, 1.165) is 23.4 Å². The second-order valence-corrected chi connectivity index (χ2v) is 5.22. The number of hydrogen-bond donors (Lipinski definition) is 1. The number of benzene rings is 2. The summed E-state index contributed by atoms with van der Waals surface area (Å²) in [6.07, 6.45) is 1.71. The summed E-state index contributed by atoms with van der Waals surface area (Å²) in [5.41, 5.74) is 8.97. The molecule has 1 nitrogen and oxygen atoms in total. The van der Waals surface area contributed by atoms with Crippen molar-refractivity contribution in [3.05, 3.63) is 70.0 Å². The zero-order valence-corrected chi connectivity index (χ0v) is 11.6. The zero-order chi connectivity index (χ0) is 13.8. The number of halogens is 2. The van der Waals surface area contributed by atoms with Gasteiger partial charge < -0.3 is 5.73 Å². The Kier molecular flexibility index (Phi) is 4.56. The second-order valence-electron chi connectivity index (χ2n) is 4.78. The molecule has 3 heteroatoms. The monoisotopic (exact) mass is 277 g/mol. The maximum atomic E-state index is 13.2. The van der Waals surface area contributed by atoms with E-state index in [4.69, 9.17) is 17.3 Å². The van der Waals surface area contributed by atoms with Gasteiger partial charge in [0.2, 0.25) is 0 Å². The topological polar surface area (TPSA) is 26.0 Å². The lowest BCUT2D eigenvalue weighted by molar-refractivity contribution is 0.610. The van der Waals surface area contributed by atoms with E-state index in [1.165, 1.54) is 11.6 Å². The van der Waals surface area contributed by atoms with Gasteiger partial charge in [-0.3, -0.25) is 0 Å². The lowest BCUT2D eigenvalue weighted by atomic mass is 9.98. The molecule has 0 heterocycles. The highest BCUT2D eigenvalue weighted by Gasteiger charge is 2.08. The van der Waals surface area contributed by atoms with Crippen molar-refractivity contribution in [3.63, 3.8) is 0 Å². The van der Waals surface area contributed by atoms with Crippen molar-refractivity contribution >= 4 is 11.6 Å². The molecule has 2 aromatic carbocycles. The van der Waals surface area contributed by atoms with Gasteiger partial charge in [0.15, 0.2) is 0 Å². The molecule has 0 aliphatic heterocycles. The van der Waals surface area contributed by atoms with Crippen molar-refractivity contribution in [1.82, 2.24) is 0 Å². The minimum absolute atomic E-state index is 0.0741. The summed E-state index contributed by atoms with van der Waals surface area (Å²) in [4.78, 5) is 0. The molecule has 0 aromatic heterocycles. The van der Waals surface area contributed by atoms with Crippen LogP contribution in [0.4, 0.5) is 4.39 Å². The van der Waals surface area contributed by atoms with Gasteiger partial charge in [0.05, 0.1) is 0 Å². The molecule has 1 unspecified atom stereocenters. The Labute approximate surface area is 118 Å². The predicted octanol–water partition coefficient (Wildman–Crippen LogP) is 4.42. The number of aryl methyl sites for hydroxylation is 2. The Bertz CT molecular complexity index is 551. The van der Waals surface area contributed by atoms with Crippen LogP contribution in [0.25, 0.3) is 0 Å². The average Bonchev–Trinajstić information content (AvgIpc) is 2.41. The van der Waals surface area contributed by atoms with E-state index in [1.54, 1.807) is 13.0 Å². The SMILES string of the molecule is Cc1cc(C(N)CCc2ccc(Cl)cc2)ccc1F. The van der Waals surface area contributed by atoms with Gasteiger partial charge >= 0.3 is 0 Å². The summed E-state index contributed by atoms with van der Waals surface area (Å²) in [5, 5.41) is 0.738. The van der Waals surface area contributed by atoms with E-state index in [0.29, 0.717) is 5.56 Å². The second kappa shape index (κ2) is 6.18. The number of rotatable bonds is 4. The Balaban J connectivity index is 1.98. The molecule has 0 fully saturated rings. The van der Waals surface area contributed by atoms with Crippen LogP contribution in [0.15, 0.2) is 42.5 Å². The molecular weight excluding hydrogens is 261 g/mol. The predicted molar refractivity (Wildman–Crippen MR) is 77.8 cm³/mol. The molecule has 1 atom stereocenters. The molecule has 0 saturated heterocycles. The molecule has 0 amide bonds. The van der Waals surface area contributed by atoms with Crippen LogP contribution in [-0.4, -0.2) is 0 Å². The van der Waals surface area contributed by atoms with Crippen LogP contribution in [-0.2, 0) is 6.42 Å². The first-order valence-electron chi connectivity index (χ1n) is 6.32. The molecule has 0 spiro atoms. The third-order valence-corrected chi connectivity index (χ3v) is 3.52. The van der Waals surface area contributed by atoms with Crippen LogP contribution in [0.3, 0.4) is 0 Å². The molecule has 100 valence electrons. The summed E-state index contributed by atoms with van der Waals surface area (Å²) >= 11 is 5.84. The van der Waals surface area contributed by atoms with Gasteiger partial charge in [-0.05, 0) is 54.7 Å². The summed E-state index contributed by atoms with van der Waals surface area (Å²) in [6.45, 7) is 1.75. The van der Waals surface area contributed by atoms with E-state index >= 15 is 0 Å². The summed E-state index contributed by atoms with van der Waals surface area (Å²) in [7, 11) is 0. The van der Waals surface area contributed by atoms with E-state index in [2.05, 4.69) is 0 Å². The van der Waals surface area contributed by atoms with Gasteiger partial charge in [-0.1, -0.05) is 35.9 Å². The van der Waals surface area contributed by atoms with Crippen LogP contribution < -0.4 is 5.73 Å². The van der Waals surface area contributed by atoms with Crippen LogP contribution >= 0.6 is 11.6 Å². The summed E-state index contributed by atoms with van der Waals surface area (Å²) < 4.78 is 13.2. The average molecular weight is 278 g/mol. The molecule has 0 radical (unpaired) electrons. The van der Waals surface area contributed by atoms with E-state index in [-0.39, 0.29) is 11.9 Å². The van der Waals surface area contributed by atoms with Crippen LogP contribution in [0.1, 0.15) is 29.2 Å². The maximum Gasteiger partial charge on any atom is 0.126 e. The van der Waals surface area contributed by atoms with E-state index in [1.807, 2.05) is 30.3 Å². The molecular formula is C16H17ClFN. The van der Waals surface area contributed by atoms with Gasteiger partial charge in [0.25, 0.3) is 0 Å². The first-order valence-corrected chi connectivity index (χ1v) is 6.70. The fraction of sp³-hybridized carbons (Fsp3) is 0.250. The molecule has 0 saturated carbocycles. The standard InChI is InChI=1S/C16H17ClFN/c1-11-10-13(5-8-15(11)18)16(19)9-4-12-2-6-14(17)7-3-12/h2-3,5-8,10,16H,4,9,19H2,1H3. The van der Waals surface area contributed by atoms with Gasteiger partial charge in [-0.15, -0.1) is 0 Å². The third-order valence-electron chi connectivity index (χ3n) is 3.27. The van der Waals surface area contributed by atoms with Crippen molar-refractivity contribution in [2.24, 2.45) is 5.73 Å². The van der Waals surface area contributed by atoms with Crippen molar-refractivity contribution in [2.45, 2.75) is 25.8 Å². The molecule has 0 bridgehead atoms. The van der Waals surface area contributed by atoms with E-state index < -0.39 is 0 Å². The van der Waals surface area contributed by atoms with E-state index in [9.17, 15) is 4.39 Å². The molecule has 2 aromatic rings. The zero-order valence-electron chi connectivity index (χ0n) is 10.9. The third kappa shape index (κ3) is 3.79. The maximum absolute atomic E-state index is 13.2. The van der Waals surface area contributed by atoms with Crippen molar-refractivity contribution in [3.8, 4) is 0 Å². The molecule has 2 rings (SSSR count). The minimum atomic E-state index is -0.186. The number of nitrogens with two attached hydrogens (primary N) is 1. The fourth-order valence-electron chi connectivity index (χ4n) is 2.04. The minimum Gasteiger partial charge on any atom is -0.324 e. The van der Waals surface area contributed by atoms with Crippen molar-refractivity contribution in [2.75, 3.05) is 0 Å². The fourth-order valence-corrected chi connectivity index (χ4v) is 2.16. The molecule has 0 aliphatic rings. The molecule has 0 aliphatic carbocycles. The summed E-state index contributed by atoms with van der Waals surface area (Å²) in [6, 6.07) is 12.8. The molecule has 19 heavy (non-hydrogen) atoms.